The maximum Gasteiger partial charge on any atom is 0.323 e. The first kappa shape index (κ1) is 21.5. The zero-order chi connectivity index (χ0) is 21.5. The number of amides is 3. The van der Waals surface area contributed by atoms with E-state index in [1.54, 1.807) is 42.5 Å². The number of halogens is 1. The zero-order valence-electron chi connectivity index (χ0n) is 16.2. The molecule has 30 heavy (non-hydrogen) atoms. The van der Waals surface area contributed by atoms with Crippen molar-refractivity contribution >= 4 is 57.7 Å². The number of rotatable bonds is 7. The molecule has 0 radical (unpaired) electrons. The van der Waals surface area contributed by atoms with E-state index in [1.165, 1.54) is 11.3 Å². The van der Waals surface area contributed by atoms with Crippen LogP contribution >= 0.6 is 22.9 Å². The molecule has 3 N–H and O–H groups in total. The van der Waals surface area contributed by atoms with Crippen LogP contribution in [0.2, 0.25) is 4.34 Å². The summed E-state index contributed by atoms with van der Waals surface area (Å²) in [6, 6.07) is 17.2. The van der Waals surface area contributed by atoms with Crippen molar-refractivity contribution in [2.75, 3.05) is 16.0 Å². The molecule has 8 heteroatoms. The molecule has 154 valence electrons. The molecule has 0 aliphatic carbocycles. The Morgan fingerprint density at radius 1 is 0.867 bits per heavy atom. The number of aryl methyl sites for hydroxylation is 1. The van der Waals surface area contributed by atoms with E-state index in [-0.39, 0.29) is 30.6 Å². The Kier molecular flexibility index (Phi) is 7.21. The Hall–Kier alpha value is -3.16. The van der Waals surface area contributed by atoms with Crippen molar-refractivity contribution in [1.82, 2.24) is 0 Å². The number of benzene rings is 2. The first-order chi connectivity index (χ1) is 14.4. The van der Waals surface area contributed by atoms with Gasteiger partial charge < -0.3 is 16.0 Å². The lowest BCUT2D eigenvalue weighted by molar-refractivity contribution is -0.116. The number of anilines is 3. The molecule has 0 fully saturated rings. The first-order valence-corrected chi connectivity index (χ1v) is 10.4. The van der Waals surface area contributed by atoms with E-state index in [0.29, 0.717) is 26.3 Å². The Morgan fingerprint density at radius 2 is 1.60 bits per heavy atom. The highest BCUT2D eigenvalue weighted by atomic mass is 35.5. The summed E-state index contributed by atoms with van der Waals surface area (Å²) in [5, 5.41) is 8.27. The lowest BCUT2D eigenvalue weighted by atomic mass is 10.1. The second kappa shape index (κ2) is 10.0. The molecule has 0 saturated carbocycles. The maximum absolute atomic E-state index is 12.3. The van der Waals surface area contributed by atoms with Gasteiger partial charge in [0.1, 0.15) is 0 Å². The van der Waals surface area contributed by atoms with Gasteiger partial charge in [0.25, 0.3) is 0 Å². The number of thiophene rings is 1. The average Bonchev–Trinajstić information content (AvgIpc) is 3.16. The molecule has 0 spiro atoms. The van der Waals surface area contributed by atoms with Crippen LogP contribution < -0.4 is 16.0 Å². The highest BCUT2D eigenvalue weighted by molar-refractivity contribution is 7.18. The highest BCUT2D eigenvalue weighted by Gasteiger charge is 2.13. The van der Waals surface area contributed by atoms with Gasteiger partial charge in [-0.1, -0.05) is 35.9 Å². The summed E-state index contributed by atoms with van der Waals surface area (Å²) in [7, 11) is 0. The fourth-order valence-corrected chi connectivity index (χ4v) is 3.69. The van der Waals surface area contributed by atoms with Crippen molar-refractivity contribution in [3.05, 3.63) is 75.4 Å². The van der Waals surface area contributed by atoms with Crippen molar-refractivity contribution in [3.63, 3.8) is 0 Å². The summed E-state index contributed by atoms with van der Waals surface area (Å²) in [5.41, 5.74) is 2.62. The van der Waals surface area contributed by atoms with Crippen LogP contribution in [0.1, 0.15) is 28.1 Å². The van der Waals surface area contributed by atoms with Gasteiger partial charge in [0.15, 0.2) is 5.78 Å². The van der Waals surface area contributed by atoms with Crippen molar-refractivity contribution in [3.8, 4) is 0 Å². The molecular formula is C22H20ClN3O3S. The van der Waals surface area contributed by atoms with E-state index < -0.39 is 0 Å². The molecule has 0 unspecified atom stereocenters. The third-order valence-corrected chi connectivity index (χ3v) is 5.50. The minimum atomic E-state index is -0.387. The zero-order valence-corrected chi connectivity index (χ0v) is 17.8. The second-order valence-electron chi connectivity index (χ2n) is 6.55. The van der Waals surface area contributed by atoms with Crippen molar-refractivity contribution in [2.24, 2.45) is 0 Å². The van der Waals surface area contributed by atoms with Crippen molar-refractivity contribution in [2.45, 2.75) is 19.8 Å². The molecule has 0 saturated heterocycles. The number of nitrogens with one attached hydrogen (secondary N) is 3. The smallest absolute Gasteiger partial charge is 0.323 e. The standard InChI is InChI=1S/C22H20ClN3O3S/c1-14-7-8-16(25-22(29)24-15-5-3-2-4-6-15)13-17(14)26-21(28)12-9-18(27)19-10-11-20(23)30-19/h2-8,10-11,13H,9,12H2,1H3,(H,26,28)(H2,24,25,29). The highest BCUT2D eigenvalue weighted by Crippen LogP contribution is 2.24. The average molecular weight is 442 g/mol. The predicted octanol–water partition coefficient (Wildman–Crippen LogP) is 5.96. The van der Waals surface area contributed by atoms with Gasteiger partial charge in [-0.05, 0) is 48.9 Å². The van der Waals surface area contributed by atoms with Gasteiger partial charge in [-0.2, -0.15) is 0 Å². The number of hydrogen-bond acceptors (Lipinski definition) is 4. The predicted molar refractivity (Wildman–Crippen MR) is 122 cm³/mol. The summed E-state index contributed by atoms with van der Waals surface area (Å²) < 4.78 is 0.541. The third-order valence-electron chi connectivity index (χ3n) is 4.23. The minimum absolute atomic E-state index is 0.0555. The fourth-order valence-electron chi connectivity index (χ4n) is 2.68. The van der Waals surface area contributed by atoms with Crippen LogP contribution in [0.25, 0.3) is 0 Å². The summed E-state index contributed by atoms with van der Waals surface area (Å²) >= 11 is 7.04. The Labute approximate surface area is 183 Å². The van der Waals surface area contributed by atoms with Crippen LogP contribution in [0, 0.1) is 6.92 Å². The molecule has 6 nitrogen and oxygen atoms in total. The Bertz CT molecular complexity index is 1070. The summed E-state index contributed by atoms with van der Waals surface area (Å²) in [4.78, 5) is 37.1. The molecule has 3 aromatic rings. The number of carbonyl (C=O) groups excluding carboxylic acids is 3. The largest absolute Gasteiger partial charge is 0.326 e. The molecule has 3 rings (SSSR count). The second-order valence-corrected chi connectivity index (χ2v) is 8.27. The van der Waals surface area contributed by atoms with Crippen molar-refractivity contribution < 1.29 is 14.4 Å². The summed E-state index contributed by atoms with van der Waals surface area (Å²) in [5.74, 6) is -0.397. The van der Waals surface area contributed by atoms with Gasteiger partial charge in [-0.3, -0.25) is 9.59 Å². The van der Waals surface area contributed by atoms with Gasteiger partial charge in [-0.15, -0.1) is 11.3 Å². The number of ketones is 1. The summed E-state index contributed by atoms with van der Waals surface area (Å²) in [6.45, 7) is 1.85. The quantitative estimate of drug-likeness (QED) is 0.395. The topological polar surface area (TPSA) is 87.3 Å². The number of carbonyl (C=O) groups is 3. The van der Waals surface area contributed by atoms with E-state index in [2.05, 4.69) is 16.0 Å². The first-order valence-electron chi connectivity index (χ1n) is 9.23. The van der Waals surface area contributed by atoms with Gasteiger partial charge in [-0.25, -0.2) is 4.79 Å². The molecular weight excluding hydrogens is 422 g/mol. The van der Waals surface area contributed by atoms with Gasteiger partial charge in [0.05, 0.1) is 9.21 Å². The number of urea groups is 1. The van der Waals surface area contributed by atoms with Gasteiger partial charge >= 0.3 is 6.03 Å². The molecule has 0 aliphatic rings. The van der Waals surface area contributed by atoms with Gasteiger partial charge in [0, 0.05) is 29.9 Å². The number of para-hydroxylation sites is 1. The van der Waals surface area contributed by atoms with E-state index in [4.69, 9.17) is 11.6 Å². The van der Waals surface area contributed by atoms with E-state index in [9.17, 15) is 14.4 Å². The SMILES string of the molecule is Cc1ccc(NC(=O)Nc2ccccc2)cc1NC(=O)CCC(=O)c1ccc(Cl)s1. The molecule has 1 aromatic heterocycles. The molecule has 3 amide bonds. The van der Waals surface area contributed by atoms with E-state index in [1.807, 2.05) is 25.1 Å². The third kappa shape index (κ3) is 6.17. The lowest BCUT2D eigenvalue weighted by Gasteiger charge is -2.12. The van der Waals surface area contributed by atoms with E-state index in [0.717, 1.165) is 5.56 Å². The van der Waals surface area contributed by atoms with Crippen LogP contribution in [0.3, 0.4) is 0 Å². The summed E-state index contributed by atoms with van der Waals surface area (Å²) in [6.07, 6.45) is 0.152. The van der Waals surface area contributed by atoms with E-state index >= 15 is 0 Å². The van der Waals surface area contributed by atoms with Crippen LogP contribution in [0.5, 0.6) is 0 Å². The fraction of sp³-hybridized carbons (Fsp3) is 0.136. The van der Waals surface area contributed by atoms with Crippen LogP contribution in [-0.4, -0.2) is 17.7 Å². The van der Waals surface area contributed by atoms with Crippen LogP contribution in [0.4, 0.5) is 21.9 Å². The monoisotopic (exact) mass is 441 g/mol. The number of hydrogen-bond donors (Lipinski definition) is 3. The number of Topliss-reactive ketones (excluding diaryl/α,β-unsaturated/α-hetero) is 1. The minimum Gasteiger partial charge on any atom is -0.326 e. The Morgan fingerprint density at radius 3 is 2.30 bits per heavy atom. The van der Waals surface area contributed by atoms with Crippen molar-refractivity contribution in [1.29, 1.82) is 0 Å². The molecule has 0 bridgehead atoms. The van der Waals surface area contributed by atoms with Crippen LogP contribution in [-0.2, 0) is 4.79 Å². The lowest BCUT2D eigenvalue weighted by Crippen LogP contribution is -2.19. The maximum atomic E-state index is 12.3. The van der Waals surface area contributed by atoms with Crippen LogP contribution in [0.15, 0.2) is 60.7 Å². The normalized spacial score (nSPS) is 10.3. The van der Waals surface area contributed by atoms with Gasteiger partial charge in [0.2, 0.25) is 5.91 Å². The Balaban J connectivity index is 1.55. The molecule has 1 heterocycles. The molecule has 0 aliphatic heterocycles. The molecule has 2 aromatic carbocycles. The molecule has 0 atom stereocenters.